The second-order valence-corrected chi connectivity index (χ2v) is 8.16. The van der Waals surface area contributed by atoms with Crippen molar-refractivity contribution in [2.24, 2.45) is 0 Å². The average molecular weight is 444 g/mol. The average Bonchev–Trinajstić information content (AvgIpc) is 3.25. The smallest absolute Gasteiger partial charge is 0.161 e. The van der Waals surface area contributed by atoms with Crippen LogP contribution in [-0.4, -0.2) is 45.4 Å². The van der Waals surface area contributed by atoms with Crippen molar-refractivity contribution in [3.63, 3.8) is 0 Å². The van der Waals surface area contributed by atoms with E-state index in [9.17, 15) is 0 Å². The van der Waals surface area contributed by atoms with E-state index in [2.05, 4.69) is 85.5 Å². The molecule has 3 aromatic rings. The van der Waals surface area contributed by atoms with Crippen LogP contribution in [0.3, 0.4) is 0 Å². The third kappa shape index (κ3) is 4.91. The lowest BCUT2D eigenvalue weighted by molar-refractivity contribution is 0.223. The highest BCUT2D eigenvalue weighted by Gasteiger charge is 2.26. The van der Waals surface area contributed by atoms with E-state index >= 15 is 0 Å². The van der Waals surface area contributed by atoms with Crippen LogP contribution in [0.2, 0.25) is 0 Å². The van der Waals surface area contributed by atoms with Gasteiger partial charge in [-0.15, -0.1) is 0 Å². The third-order valence-corrected chi connectivity index (χ3v) is 6.38. The second kappa shape index (κ2) is 10.6. The highest BCUT2D eigenvalue weighted by atomic mass is 16.5. The Hall–Kier alpha value is -3.24. The molecule has 0 fully saturated rings. The van der Waals surface area contributed by atoms with Crippen LogP contribution in [0.1, 0.15) is 36.1 Å². The van der Waals surface area contributed by atoms with Gasteiger partial charge in [0.15, 0.2) is 11.5 Å². The zero-order valence-electron chi connectivity index (χ0n) is 20.1. The number of benzene rings is 3. The Labute approximate surface area is 197 Å². The highest BCUT2D eigenvalue weighted by Crippen LogP contribution is 2.46. The van der Waals surface area contributed by atoms with E-state index in [1.807, 2.05) is 0 Å². The molecule has 172 valence electrons. The van der Waals surface area contributed by atoms with E-state index in [0.717, 1.165) is 43.3 Å². The van der Waals surface area contributed by atoms with Crippen LogP contribution in [0.4, 0.5) is 0 Å². The van der Waals surface area contributed by atoms with Crippen molar-refractivity contribution >= 4 is 11.1 Å². The van der Waals surface area contributed by atoms with Crippen molar-refractivity contribution < 1.29 is 14.2 Å². The molecule has 4 rings (SSSR count). The lowest BCUT2D eigenvalue weighted by Crippen LogP contribution is -2.27. The molecule has 0 atom stereocenters. The molecule has 0 spiro atoms. The first-order valence-corrected chi connectivity index (χ1v) is 11.7. The van der Waals surface area contributed by atoms with Gasteiger partial charge in [0.25, 0.3) is 0 Å². The molecular formula is C29H33NO3. The summed E-state index contributed by atoms with van der Waals surface area (Å²) in [4.78, 5) is 2.36. The molecule has 0 heterocycles. The first-order chi connectivity index (χ1) is 16.2. The first-order valence-electron chi connectivity index (χ1n) is 11.7. The molecule has 0 unspecified atom stereocenters. The Morgan fingerprint density at radius 3 is 2.09 bits per heavy atom. The molecule has 4 heteroatoms. The quantitative estimate of drug-likeness (QED) is 0.388. The summed E-state index contributed by atoms with van der Waals surface area (Å²) in [6, 6.07) is 23.3. The summed E-state index contributed by atoms with van der Waals surface area (Å²) in [5, 5.41) is 0. The van der Waals surface area contributed by atoms with Crippen LogP contribution < -0.4 is 14.2 Å². The van der Waals surface area contributed by atoms with Crippen LogP contribution in [-0.2, 0) is 6.42 Å². The summed E-state index contributed by atoms with van der Waals surface area (Å²) < 4.78 is 17.2. The zero-order valence-corrected chi connectivity index (χ0v) is 20.1. The van der Waals surface area contributed by atoms with Crippen molar-refractivity contribution in [3.05, 3.63) is 89.0 Å². The van der Waals surface area contributed by atoms with Gasteiger partial charge in [0.05, 0.1) is 14.2 Å². The summed E-state index contributed by atoms with van der Waals surface area (Å²) in [6.07, 6.45) is 0.858. The minimum absolute atomic E-state index is 0.693. The molecule has 0 radical (unpaired) electrons. The second-order valence-electron chi connectivity index (χ2n) is 8.16. The van der Waals surface area contributed by atoms with Gasteiger partial charge in [0, 0.05) is 6.54 Å². The van der Waals surface area contributed by atoms with Crippen LogP contribution >= 0.6 is 0 Å². The van der Waals surface area contributed by atoms with Gasteiger partial charge in [-0.3, -0.25) is 0 Å². The summed E-state index contributed by atoms with van der Waals surface area (Å²) >= 11 is 0. The maximum Gasteiger partial charge on any atom is 0.161 e. The van der Waals surface area contributed by atoms with Crippen LogP contribution in [0.15, 0.2) is 66.7 Å². The molecule has 0 amide bonds. The minimum Gasteiger partial charge on any atom is -0.493 e. The van der Waals surface area contributed by atoms with Crippen molar-refractivity contribution in [2.45, 2.75) is 20.3 Å². The van der Waals surface area contributed by atoms with Crippen LogP contribution in [0.25, 0.3) is 11.1 Å². The van der Waals surface area contributed by atoms with E-state index in [0.29, 0.717) is 6.61 Å². The zero-order chi connectivity index (χ0) is 23.2. The van der Waals surface area contributed by atoms with Crippen molar-refractivity contribution in [1.29, 1.82) is 0 Å². The van der Waals surface area contributed by atoms with Gasteiger partial charge in [0.2, 0.25) is 0 Å². The summed E-state index contributed by atoms with van der Waals surface area (Å²) in [7, 11) is 3.37. The largest absolute Gasteiger partial charge is 0.493 e. The number of hydrogen-bond donors (Lipinski definition) is 0. The summed E-state index contributed by atoms with van der Waals surface area (Å²) in [5.74, 6) is 2.42. The topological polar surface area (TPSA) is 30.9 Å². The van der Waals surface area contributed by atoms with Crippen LogP contribution in [0, 0.1) is 0 Å². The number of fused-ring (bicyclic) bond motifs is 1. The van der Waals surface area contributed by atoms with E-state index in [4.69, 9.17) is 14.2 Å². The fourth-order valence-electron chi connectivity index (χ4n) is 4.51. The molecule has 4 nitrogen and oxygen atoms in total. The lowest BCUT2D eigenvalue weighted by Gasteiger charge is -2.18. The Kier molecular flexibility index (Phi) is 7.36. The molecule has 0 bridgehead atoms. The maximum absolute atomic E-state index is 6.01. The number of likely N-dealkylation sites (N-methyl/N-ethyl adjacent to an activating group) is 1. The number of nitrogens with zero attached hydrogens (tertiary/aromatic N) is 1. The van der Waals surface area contributed by atoms with E-state index in [1.165, 1.54) is 33.4 Å². The first kappa shape index (κ1) is 22.9. The fraction of sp³-hybridized carbons (Fsp3) is 0.310. The van der Waals surface area contributed by atoms with Gasteiger partial charge in [-0.2, -0.15) is 0 Å². The molecule has 0 N–H and O–H groups in total. The number of ether oxygens (including phenoxy) is 3. The summed E-state index contributed by atoms with van der Waals surface area (Å²) in [5.41, 5.74) is 7.42. The monoisotopic (exact) mass is 443 g/mol. The summed E-state index contributed by atoms with van der Waals surface area (Å²) in [6.45, 7) is 8.08. The van der Waals surface area contributed by atoms with Crippen molar-refractivity contribution in [2.75, 3.05) is 40.5 Å². The Morgan fingerprint density at radius 1 is 0.788 bits per heavy atom. The molecule has 1 aliphatic rings. The lowest BCUT2D eigenvalue weighted by atomic mass is 9.94. The predicted octanol–water partition coefficient (Wildman–Crippen LogP) is 5.94. The Balaban J connectivity index is 1.67. The Bertz CT molecular complexity index is 1100. The van der Waals surface area contributed by atoms with Gasteiger partial charge in [-0.05, 0) is 77.2 Å². The van der Waals surface area contributed by atoms with E-state index < -0.39 is 0 Å². The predicted molar refractivity (Wildman–Crippen MR) is 135 cm³/mol. The normalized spacial score (nSPS) is 12.8. The minimum atomic E-state index is 0.693. The van der Waals surface area contributed by atoms with Crippen molar-refractivity contribution in [3.8, 4) is 17.2 Å². The molecule has 0 aromatic heterocycles. The van der Waals surface area contributed by atoms with Crippen LogP contribution in [0.5, 0.6) is 17.2 Å². The number of rotatable bonds is 10. The van der Waals surface area contributed by atoms with Gasteiger partial charge in [-0.1, -0.05) is 56.3 Å². The number of allylic oxidation sites excluding steroid dienone is 1. The van der Waals surface area contributed by atoms with E-state index in [-0.39, 0.29) is 0 Å². The molecule has 3 aromatic carbocycles. The van der Waals surface area contributed by atoms with Gasteiger partial charge in [0.1, 0.15) is 12.4 Å². The Morgan fingerprint density at radius 2 is 1.45 bits per heavy atom. The third-order valence-electron chi connectivity index (χ3n) is 6.38. The highest BCUT2D eigenvalue weighted by molar-refractivity contribution is 6.04. The van der Waals surface area contributed by atoms with Gasteiger partial charge in [-0.25, -0.2) is 0 Å². The fourth-order valence-corrected chi connectivity index (χ4v) is 4.51. The molecule has 33 heavy (non-hydrogen) atoms. The standard InChI is InChI=1S/C29H33NO3/c1-5-30(6-2)16-17-33-24-14-12-22(13-15-24)29-25(21-10-8-7-9-11-21)18-23-19-27(31-3)28(32-4)20-26(23)29/h7-15,19-20H,5-6,16-18H2,1-4H3. The van der Waals surface area contributed by atoms with Crippen molar-refractivity contribution in [1.82, 2.24) is 4.90 Å². The SMILES string of the molecule is CCN(CC)CCOc1ccc(C2=C(c3ccccc3)Cc3cc(OC)c(OC)cc32)cc1. The molecule has 1 aliphatic carbocycles. The van der Waals surface area contributed by atoms with E-state index in [1.54, 1.807) is 14.2 Å². The maximum atomic E-state index is 6.01. The molecule has 0 saturated carbocycles. The number of methoxy groups -OCH3 is 2. The molecular weight excluding hydrogens is 410 g/mol. The number of hydrogen-bond acceptors (Lipinski definition) is 4. The molecule has 0 aliphatic heterocycles. The van der Waals surface area contributed by atoms with Gasteiger partial charge < -0.3 is 19.1 Å². The van der Waals surface area contributed by atoms with Gasteiger partial charge >= 0.3 is 0 Å². The molecule has 0 saturated heterocycles.